The summed E-state index contributed by atoms with van der Waals surface area (Å²) in [6.07, 6.45) is 2.82. The smallest absolute Gasteiger partial charge is 0.312 e. The molecular formula is C19H27N3O5. The van der Waals surface area contributed by atoms with Crippen molar-refractivity contribution in [3.8, 4) is 0 Å². The van der Waals surface area contributed by atoms with Crippen LogP contribution < -0.4 is 0 Å². The van der Waals surface area contributed by atoms with Crippen LogP contribution in [0.25, 0.3) is 11.0 Å². The molecule has 2 aromatic rings. The third-order valence-electron chi connectivity index (χ3n) is 5.25. The van der Waals surface area contributed by atoms with Gasteiger partial charge in [-0.2, -0.15) is 0 Å². The van der Waals surface area contributed by atoms with Crippen molar-refractivity contribution in [2.45, 2.75) is 38.8 Å². The molecule has 1 aliphatic rings. The van der Waals surface area contributed by atoms with E-state index < -0.39 is 17.5 Å². The number of aliphatic hydroxyl groups excluding tert-OH is 1. The number of benzene rings is 1. The highest BCUT2D eigenvalue weighted by atomic mass is 16.4. The van der Waals surface area contributed by atoms with Gasteiger partial charge < -0.3 is 19.9 Å². The summed E-state index contributed by atoms with van der Waals surface area (Å²) in [5.74, 6) is -0.864. The zero-order chi connectivity index (χ0) is 19.9. The predicted molar refractivity (Wildman–Crippen MR) is 100 cm³/mol. The molecule has 0 aliphatic carbocycles. The lowest BCUT2D eigenvalue weighted by atomic mass is 9.73. The fraction of sp³-hybridized carbons (Fsp3) is 0.526. The van der Waals surface area contributed by atoms with E-state index in [1.165, 1.54) is 0 Å². The van der Waals surface area contributed by atoms with Crippen molar-refractivity contribution in [3.05, 3.63) is 30.6 Å². The quantitative estimate of drug-likeness (QED) is 0.656. The normalized spacial score (nSPS) is 22.8. The number of rotatable bonds is 6. The molecule has 0 bridgehead atoms. The molecule has 148 valence electrons. The molecule has 2 atom stereocenters. The summed E-state index contributed by atoms with van der Waals surface area (Å²) in [7, 11) is 0. The molecule has 27 heavy (non-hydrogen) atoms. The van der Waals surface area contributed by atoms with Crippen LogP contribution in [0.15, 0.2) is 30.6 Å². The van der Waals surface area contributed by atoms with E-state index in [0.717, 1.165) is 30.5 Å². The van der Waals surface area contributed by atoms with Crippen molar-refractivity contribution in [1.82, 2.24) is 14.5 Å². The Morgan fingerprint density at radius 1 is 1.37 bits per heavy atom. The van der Waals surface area contributed by atoms with Gasteiger partial charge in [-0.3, -0.25) is 14.5 Å². The molecule has 1 saturated heterocycles. The van der Waals surface area contributed by atoms with Crippen LogP contribution in [0.3, 0.4) is 0 Å². The molecule has 3 N–H and O–H groups in total. The highest BCUT2D eigenvalue weighted by Crippen LogP contribution is 2.36. The second-order valence-corrected chi connectivity index (χ2v) is 6.81. The first-order valence-electron chi connectivity index (χ1n) is 9.10. The average molecular weight is 377 g/mol. The summed E-state index contributed by atoms with van der Waals surface area (Å²) in [5.41, 5.74) is 1.09. The van der Waals surface area contributed by atoms with Gasteiger partial charge in [-0.05, 0) is 31.5 Å². The number of piperidine rings is 1. The largest absolute Gasteiger partial charge is 0.483 e. The Morgan fingerprint density at radius 2 is 2.07 bits per heavy atom. The van der Waals surface area contributed by atoms with Crippen LogP contribution >= 0.6 is 0 Å². The summed E-state index contributed by atoms with van der Waals surface area (Å²) in [6, 6.07) is 8.00. The van der Waals surface area contributed by atoms with Gasteiger partial charge in [0.15, 0.2) is 0 Å². The van der Waals surface area contributed by atoms with Crippen molar-refractivity contribution >= 4 is 23.5 Å². The first kappa shape index (κ1) is 20.9. The van der Waals surface area contributed by atoms with Crippen LogP contribution in [0.4, 0.5) is 0 Å². The van der Waals surface area contributed by atoms with E-state index in [9.17, 15) is 15.0 Å². The lowest BCUT2D eigenvalue weighted by Crippen LogP contribution is -2.55. The van der Waals surface area contributed by atoms with Crippen LogP contribution in [0.5, 0.6) is 0 Å². The molecule has 0 unspecified atom stereocenters. The maximum Gasteiger partial charge on any atom is 0.312 e. The summed E-state index contributed by atoms with van der Waals surface area (Å²) in [4.78, 5) is 26.6. The van der Waals surface area contributed by atoms with Gasteiger partial charge in [-0.15, -0.1) is 0 Å². The SMILES string of the molecule is CCC[C@]1(C(=O)O)CCN(CCn2cnc3ccccc32)C[C@@H]1O.O=CO. The first-order valence-corrected chi connectivity index (χ1v) is 9.10. The molecule has 3 rings (SSSR count). The van der Waals surface area contributed by atoms with Crippen molar-refractivity contribution in [1.29, 1.82) is 0 Å². The zero-order valence-electron chi connectivity index (χ0n) is 15.5. The Labute approximate surface area is 158 Å². The Kier molecular flexibility index (Phi) is 7.32. The van der Waals surface area contributed by atoms with Crippen molar-refractivity contribution in [3.63, 3.8) is 0 Å². The van der Waals surface area contributed by atoms with E-state index >= 15 is 0 Å². The zero-order valence-corrected chi connectivity index (χ0v) is 15.5. The number of hydrogen-bond donors (Lipinski definition) is 3. The number of aliphatic hydroxyl groups is 1. The number of carboxylic acid groups (broad SMARTS) is 2. The highest BCUT2D eigenvalue weighted by Gasteiger charge is 2.47. The number of aliphatic carboxylic acids is 1. The average Bonchev–Trinajstić information content (AvgIpc) is 3.06. The molecule has 1 aromatic carbocycles. The number of β-amino-alcohol motifs (C(OH)–C–C–N with tert-alkyl or cyclic N) is 1. The van der Waals surface area contributed by atoms with Gasteiger partial charge in [0.2, 0.25) is 0 Å². The Hall–Kier alpha value is -2.45. The van der Waals surface area contributed by atoms with Crippen molar-refractivity contribution < 1.29 is 24.9 Å². The molecule has 1 aliphatic heterocycles. The molecule has 2 heterocycles. The van der Waals surface area contributed by atoms with E-state index in [1.807, 2.05) is 37.5 Å². The van der Waals surface area contributed by atoms with Gasteiger partial charge in [-0.25, -0.2) is 4.98 Å². The number of imidazole rings is 1. The minimum atomic E-state index is -0.979. The Balaban J connectivity index is 0.000000817. The lowest BCUT2D eigenvalue weighted by molar-refractivity contribution is -0.164. The summed E-state index contributed by atoms with van der Waals surface area (Å²) < 4.78 is 2.10. The van der Waals surface area contributed by atoms with Gasteiger partial charge in [0, 0.05) is 19.6 Å². The monoisotopic (exact) mass is 377 g/mol. The number of carboxylic acids is 1. The number of likely N-dealkylation sites (tertiary alicyclic amines) is 1. The predicted octanol–water partition coefficient (Wildman–Crippen LogP) is 1.67. The number of hydrogen-bond acceptors (Lipinski definition) is 5. The topological polar surface area (TPSA) is 116 Å². The van der Waals surface area contributed by atoms with Crippen LogP contribution in [0.1, 0.15) is 26.2 Å². The fourth-order valence-corrected chi connectivity index (χ4v) is 3.77. The van der Waals surface area contributed by atoms with E-state index in [0.29, 0.717) is 25.9 Å². The minimum Gasteiger partial charge on any atom is -0.483 e. The van der Waals surface area contributed by atoms with Crippen LogP contribution in [0.2, 0.25) is 0 Å². The fourth-order valence-electron chi connectivity index (χ4n) is 3.77. The minimum absolute atomic E-state index is 0.250. The molecule has 8 heteroatoms. The van der Waals surface area contributed by atoms with E-state index in [1.54, 1.807) is 0 Å². The number of fused-ring (bicyclic) bond motifs is 1. The van der Waals surface area contributed by atoms with Crippen LogP contribution in [-0.2, 0) is 16.1 Å². The van der Waals surface area contributed by atoms with Gasteiger partial charge in [0.05, 0.1) is 28.9 Å². The van der Waals surface area contributed by atoms with Crippen LogP contribution in [-0.4, -0.2) is 68.0 Å². The second kappa shape index (κ2) is 9.48. The molecule has 0 saturated carbocycles. The number of para-hydroxylation sites is 2. The third kappa shape index (κ3) is 4.64. The third-order valence-corrected chi connectivity index (χ3v) is 5.25. The number of carbonyl (C=O) groups is 2. The summed E-state index contributed by atoms with van der Waals surface area (Å²) in [5, 5.41) is 27.0. The molecule has 1 aromatic heterocycles. The summed E-state index contributed by atoms with van der Waals surface area (Å²) >= 11 is 0. The van der Waals surface area contributed by atoms with E-state index in [4.69, 9.17) is 9.90 Å². The molecule has 8 nitrogen and oxygen atoms in total. The number of aromatic nitrogens is 2. The van der Waals surface area contributed by atoms with Crippen molar-refractivity contribution in [2.24, 2.45) is 5.41 Å². The lowest BCUT2D eigenvalue weighted by Gasteiger charge is -2.42. The Morgan fingerprint density at radius 3 is 2.70 bits per heavy atom. The maximum atomic E-state index is 11.7. The van der Waals surface area contributed by atoms with Gasteiger partial charge in [0.1, 0.15) is 0 Å². The summed E-state index contributed by atoms with van der Waals surface area (Å²) in [6.45, 7) is 4.39. The molecule has 0 amide bonds. The first-order chi connectivity index (χ1) is 13.0. The molecule has 1 fully saturated rings. The molecular weight excluding hydrogens is 350 g/mol. The standard InChI is InChI=1S/C18H25N3O3.CH2O2/c1-2-7-18(17(23)24)8-9-20(12-16(18)22)10-11-21-13-19-14-5-3-4-6-15(14)21;2-1-3/h3-6,13,16,22H,2,7-12H2,1H3,(H,23,24);1H,(H,2,3)/t16-,18-;/m0./s1. The molecule has 0 radical (unpaired) electrons. The van der Waals surface area contributed by atoms with E-state index in [-0.39, 0.29) is 6.47 Å². The maximum absolute atomic E-state index is 11.7. The second-order valence-electron chi connectivity index (χ2n) is 6.81. The van der Waals surface area contributed by atoms with Gasteiger partial charge >= 0.3 is 5.97 Å². The van der Waals surface area contributed by atoms with Gasteiger partial charge in [-0.1, -0.05) is 25.5 Å². The van der Waals surface area contributed by atoms with E-state index in [2.05, 4.69) is 14.5 Å². The van der Waals surface area contributed by atoms with Crippen LogP contribution in [0, 0.1) is 5.41 Å². The Bertz CT molecular complexity index is 763. The van der Waals surface area contributed by atoms with Gasteiger partial charge in [0.25, 0.3) is 6.47 Å². The number of nitrogens with zero attached hydrogens (tertiary/aromatic N) is 3. The highest BCUT2D eigenvalue weighted by molar-refractivity contribution is 5.76. The van der Waals surface area contributed by atoms with Crippen molar-refractivity contribution in [2.75, 3.05) is 19.6 Å². The molecule has 0 spiro atoms.